The van der Waals surface area contributed by atoms with Crippen molar-refractivity contribution >= 4 is 17.8 Å². The molecule has 0 saturated carbocycles. The molecule has 184 valence electrons. The summed E-state index contributed by atoms with van der Waals surface area (Å²) in [7, 11) is 2.15. The van der Waals surface area contributed by atoms with Crippen molar-refractivity contribution < 1.29 is 24.2 Å². The number of carbonyl (C=O) groups excluding carboxylic acids is 2. The van der Waals surface area contributed by atoms with Crippen molar-refractivity contribution in [2.24, 2.45) is 17.8 Å². The number of carboxylic acids is 1. The molecule has 1 aliphatic heterocycles. The number of hydrogen-bond acceptors (Lipinski definition) is 5. The van der Waals surface area contributed by atoms with Gasteiger partial charge in [-0.05, 0) is 56.5 Å². The van der Waals surface area contributed by atoms with Gasteiger partial charge in [0.15, 0.2) is 0 Å². The number of likely N-dealkylation sites (tertiary alicyclic amines) is 1. The van der Waals surface area contributed by atoms with Gasteiger partial charge in [0.2, 0.25) is 5.91 Å². The van der Waals surface area contributed by atoms with Gasteiger partial charge in [-0.2, -0.15) is 0 Å². The second-order valence-corrected chi connectivity index (χ2v) is 9.92. The Morgan fingerprint density at radius 3 is 2.45 bits per heavy atom. The summed E-state index contributed by atoms with van der Waals surface area (Å²) >= 11 is 0. The van der Waals surface area contributed by atoms with E-state index in [0.29, 0.717) is 5.75 Å². The first-order chi connectivity index (χ1) is 15.5. The fraction of sp³-hybridized carbons (Fsp3) is 0.654. The molecule has 0 radical (unpaired) electrons. The van der Waals surface area contributed by atoms with Crippen molar-refractivity contribution in [3.63, 3.8) is 0 Å². The molecule has 2 rings (SSSR count). The topological polar surface area (TPSA) is 95.9 Å². The highest BCUT2D eigenvalue weighted by Gasteiger charge is 2.34. The zero-order valence-corrected chi connectivity index (χ0v) is 20.9. The van der Waals surface area contributed by atoms with Gasteiger partial charge in [0.05, 0.1) is 5.92 Å². The van der Waals surface area contributed by atoms with Crippen LogP contribution < -0.4 is 10.1 Å². The van der Waals surface area contributed by atoms with Crippen LogP contribution in [0.4, 0.5) is 0 Å². The summed E-state index contributed by atoms with van der Waals surface area (Å²) in [6.45, 7) is 11.0. The van der Waals surface area contributed by atoms with Gasteiger partial charge in [0.1, 0.15) is 11.8 Å². The second kappa shape index (κ2) is 11.6. The zero-order chi connectivity index (χ0) is 24.8. The molecule has 1 saturated heterocycles. The van der Waals surface area contributed by atoms with Crippen LogP contribution in [-0.4, -0.2) is 54.0 Å². The third kappa shape index (κ3) is 6.79. The minimum absolute atomic E-state index is 0.0230. The molecule has 1 amide bonds. The fourth-order valence-corrected chi connectivity index (χ4v) is 4.58. The first kappa shape index (κ1) is 26.8. The number of benzene rings is 1. The zero-order valence-electron chi connectivity index (χ0n) is 20.9. The number of carbonyl (C=O) groups is 3. The minimum Gasteiger partial charge on any atom is -0.480 e. The molecule has 1 heterocycles. The summed E-state index contributed by atoms with van der Waals surface area (Å²) < 4.78 is 5.68. The third-order valence-corrected chi connectivity index (χ3v) is 7.13. The number of likely N-dealkylation sites (N-methyl/N-ethyl adjacent to an activating group) is 1. The Hall–Kier alpha value is -2.41. The minimum atomic E-state index is -1.09. The van der Waals surface area contributed by atoms with Gasteiger partial charge < -0.3 is 20.1 Å². The summed E-state index contributed by atoms with van der Waals surface area (Å²) in [5.41, 5.74) is 1.19. The first-order valence-electron chi connectivity index (χ1n) is 12.0. The summed E-state index contributed by atoms with van der Waals surface area (Å²) in [5.74, 6) is -3.31. The van der Waals surface area contributed by atoms with Gasteiger partial charge >= 0.3 is 11.9 Å². The Morgan fingerprint density at radius 2 is 1.85 bits per heavy atom. The van der Waals surface area contributed by atoms with Gasteiger partial charge in [-0.25, -0.2) is 4.79 Å². The largest absolute Gasteiger partial charge is 0.480 e. The Kier molecular flexibility index (Phi) is 9.46. The molecule has 4 atom stereocenters. The molecule has 3 unspecified atom stereocenters. The number of esters is 1. The van der Waals surface area contributed by atoms with Crippen molar-refractivity contribution in [2.75, 3.05) is 20.1 Å². The third-order valence-electron chi connectivity index (χ3n) is 7.13. The van der Waals surface area contributed by atoms with Crippen LogP contribution in [0.25, 0.3) is 0 Å². The van der Waals surface area contributed by atoms with E-state index in [9.17, 15) is 19.5 Å². The fourth-order valence-electron chi connectivity index (χ4n) is 4.58. The van der Waals surface area contributed by atoms with Gasteiger partial charge in [0.25, 0.3) is 0 Å². The summed E-state index contributed by atoms with van der Waals surface area (Å²) in [6, 6.07) is 6.75. The summed E-state index contributed by atoms with van der Waals surface area (Å²) in [5, 5.41) is 11.9. The lowest BCUT2D eigenvalue weighted by molar-refractivity contribution is -0.146. The Balaban J connectivity index is 2.12. The molecule has 1 aromatic rings. The molecule has 1 fully saturated rings. The maximum absolute atomic E-state index is 12.8. The van der Waals surface area contributed by atoms with Crippen molar-refractivity contribution in [1.29, 1.82) is 0 Å². The van der Waals surface area contributed by atoms with E-state index in [1.807, 2.05) is 12.1 Å². The van der Waals surface area contributed by atoms with Crippen LogP contribution in [0.1, 0.15) is 65.9 Å². The molecule has 7 heteroatoms. The Bertz CT molecular complexity index is 840. The SMILES string of the molecule is CCC1(c2cccc(OC(=O)C(C)C(C)C(=O)N[C@H](C(=O)O)C(C)C)c2)CCCCN(C)C1. The van der Waals surface area contributed by atoms with E-state index in [2.05, 4.69) is 30.3 Å². The molecule has 7 nitrogen and oxygen atoms in total. The lowest BCUT2D eigenvalue weighted by Crippen LogP contribution is -2.48. The highest BCUT2D eigenvalue weighted by atomic mass is 16.5. The van der Waals surface area contributed by atoms with Crippen LogP contribution in [0.5, 0.6) is 5.75 Å². The van der Waals surface area contributed by atoms with Gasteiger partial charge in [-0.1, -0.05) is 53.2 Å². The molecule has 0 aliphatic carbocycles. The molecule has 0 aromatic heterocycles. The summed E-state index contributed by atoms with van der Waals surface area (Å²) in [6.07, 6.45) is 4.45. The molecular formula is C26H40N2O5. The first-order valence-corrected chi connectivity index (χ1v) is 12.0. The maximum atomic E-state index is 12.8. The van der Waals surface area contributed by atoms with Crippen molar-refractivity contribution in [3.05, 3.63) is 29.8 Å². The summed E-state index contributed by atoms with van der Waals surface area (Å²) in [4.78, 5) is 39.2. The van der Waals surface area contributed by atoms with Crippen LogP contribution in [0, 0.1) is 17.8 Å². The molecular weight excluding hydrogens is 420 g/mol. The predicted molar refractivity (Wildman–Crippen MR) is 128 cm³/mol. The number of hydrogen-bond donors (Lipinski definition) is 2. The van der Waals surface area contributed by atoms with E-state index in [1.54, 1.807) is 33.8 Å². The van der Waals surface area contributed by atoms with E-state index >= 15 is 0 Å². The lowest BCUT2D eigenvalue weighted by atomic mass is 9.74. The second-order valence-electron chi connectivity index (χ2n) is 9.92. The number of aliphatic carboxylic acids is 1. The van der Waals surface area contributed by atoms with Crippen molar-refractivity contribution in [2.45, 2.75) is 71.8 Å². The Labute approximate surface area is 197 Å². The lowest BCUT2D eigenvalue weighted by Gasteiger charge is -2.35. The highest BCUT2D eigenvalue weighted by Crippen LogP contribution is 2.37. The standard InChI is InChI=1S/C26H40N2O5/c1-7-26(13-8-9-14-28(6)16-26)20-11-10-12-21(15-20)33-25(32)19(5)18(4)23(29)27-22(17(2)3)24(30)31/h10-12,15,17-19,22H,7-9,13-14,16H2,1-6H3,(H,27,29)(H,30,31)/t18?,19?,22-,26?/m0/s1. The van der Waals surface area contributed by atoms with Gasteiger partial charge in [-0.15, -0.1) is 0 Å². The normalized spacial score (nSPS) is 22.2. The number of carboxylic acid groups (broad SMARTS) is 1. The van der Waals surface area contributed by atoms with Gasteiger partial charge in [-0.3, -0.25) is 9.59 Å². The maximum Gasteiger partial charge on any atom is 0.326 e. The van der Waals surface area contributed by atoms with Crippen molar-refractivity contribution in [3.8, 4) is 5.75 Å². The van der Waals surface area contributed by atoms with E-state index in [1.165, 1.54) is 18.4 Å². The van der Waals surface area contributed by atoms with Crippen molar-refractivity contribution in [1.82, 2.24) is 10.2 Å². The average molecular weight is 461 g/mol. The van der Waals surface area contributed by atoms with E-state index in [-0.39, 0.29) is 11.3 Å². The van der Waals surface area contributed by atoms with Crippen LogP contribution >= 0.6 is 0 Å². The molecule has 0 spiro atoms. The van der Waals surface area contributed by atoms with Crippen LogP contribution in [0.3, 0.4) is 0 Å². The highest BCUT2D eigenvalue weighted by molar-refractivity contribution is 5.88. The predicted octanol–water partition coefficient (Wildman–Crippen LogP) is 3.85. The van der Waals surface area contributed by atoms with Crippen LogP contribution in [0.2, 0.25) is 0 Å². The number of rotatable bonds is 9. The smallest absolute Gasteiger partial charge is 0.326 e. The quantitative estimate of drug-likeness (QED) is 0.429. The van der Waals surface area contributed by atoms with Crippen LogP contribution in [0.15, 0.2) is 24.3 Å². The van der Waals surface area contributed by atoms with E-state index in [0.717, 1.165) is 25.9 Å². The number of nitrogens with one attached hydrogen (secondary N) is 1. The van der Waals surface area contributed by atoms with Gasteiger partial charge in [0, 0.05) is 17.9 Å². The Morgan fingerprint density at radius 1 is 1.15 bits per heavy atom. The number of nitrogens with zero attached hydrogens (tertiary/aromatic N) is 1. The molecule has 1 aliphatic rings. The van der Waals surface area contributed by atoms with E-state index < -0.39 is 35.7 Å². The number of ether oxygens (including phenoxy) is 1. The monoisotopic (exact) mass is 460 g/mol. The average Bonchev–Trinajstić information content (AvgIpc) is 2.97. The van der Waals surface area contributed by atoms with E-state index in [4.69, 9.17) is 4.74 Å². The molecule has 1 aromatic carbocycles. The molecule has 0 bridgehead atoms. The number of amides is 1. The van der Waals surface area contributed by atoms with Crippen LogP contribution in [-0.2, 0) is 19.8 Å². The molecule has 33 heavy (non-hydrogen) atoms. The molecule has 2 N–H and O–H groups in total.